The van der Waals surface area contributed by atoms with E-state index in [-0.39, 0.29) is 54.0 Å². The highest BCUT2D eigenvalue weighted by atomic mass is 32.1. The number of carbonyl (C=O) groups is 1. The van der Waals surface area contributed by atoms with E-state index < -0.39 is 42.0 Å². The van der Waals surface area contributed by atoms with E-state index in [9.17, 15) is 27.5 Å². The maximum atomic E-state index is 14.7. The molecular formula is C22H22F4N4O3S. The summed E-state index contributed by atoms with van der Waals surface area (Å²) < 4.78 is 56.4. The van der Waals surface area contributed by atoms with Crippen LogP contribution < -0.4 is 10.2 Å². The third-order valence-corrected chi connectivity index (χ3v) is 6.59. The molecule has 34 heavy (non-hydrogen) atoms. The molecule has 4 rings (SSSR count). The van der Waals surface area contributed by atoms with Gasteiger partial charge in [-0.3, -0.25) is 5.32 Å². The lowest BCUT2D eigenvalue weighted by Gasteiger charge is -2.40. The second kappa shape index (κ2) is 9.72. The molecule has 0 unspecified atom stereocenters. The predicted molar refractivity (Wildman–Crippen MR) is 120 cm³/mol. The number of amides is 2. The number of halogens is 4. The number of thiazole rings is 1. The summed E-state index contributed by atoms with van der Waals surface area (Å²) in [6, 6.07) is 3.20. The van der Waals surface area contributed by atoms with Crippen LogP contribution in [0.4, 0.5) is 33.2 Å². The van der Waals surface area contributed by atoms with Gasteiger partial charge >= 0.3 is 6.03 Å². The van der Waals surface area contributed by atoms with Gasteiger partial charge in [-0.15, -0.1) is 0 Å². The van der Waals surface area contributed by atoms with E-state index in [1.54, 1.807) is 11.8 Å². The van der Waals surface area contributed by atoms with E-state index in [1.807, 2.05) is 0 Å². The van der Waals surface area contributed by atoms with Crippen molar-refractivity contribution < 1.29 is 32.6 Å². The first-order chi connectivity index (χ1) is 16.2. The van der Waals surface area contributed by atoms with Crippen LogP contribution in [-0.2, 0) is 6.42 Å². The minimum atomic E-state index is -1.18. The molecule has 2 atom stereocenters. The molecule has 1 aliphatic heterocycles. The molecule has 7 nitrogen and oxygen atoms in total. The first-order valence-corrected chi connectivity index (χ1v) is 11.3. The molecule has 2 heterocycles. The molecule has 2 aromatic carbocycles. The molecule has 2 amide bonds. The molecular weight excluding hydrogens is 476 g/mol. The molecule has 1 aliphatic rings. The van der Waals surface area contributed by atoms with Gasteiger partial charge in [-0.25, -0.2) is 27.3 Å². The van der Waals surface area contributed by atoms with Crippen molar-refractivity contribution in [3.8, 4) is 0 Å². The number of aromatic nitrogens is 1. The number of benzene rings is 2. The number of hydrogen-bond acceptors (Lipinski definition) is 6. The average Bonchev–Trinajstić information content (AvgIpc) is 3.16. The summed E-state index contributed by atoms with van der Waals surface area (Å²) in [5.41, 5.74) is 0.232. The number of carbonyl (C=O) groups excluding carboxylic acids is 1. The Hall–Kier alpha value is -2.96. The molecule has 1 fully saturated rings. The molecule has 0 aliphatic carbocycles. The summed E-state index contributed by atoms with van der Waals surface area (Å²) >= 11 is 1.01. The summed E-state index contributed by atoms with van der Waals surface area (Å²) in [5.74, 6) is -3.39. The minimum Gasteiger partial charge on any atom is -0.394 e. The lowest BCUT2D eigenvalue weighted by atomic mass is 10.1. The zero-order chi connectivity index (χ0) is 24.6. The summed E-state index contributed by atoms with van der Waals surface area (Å²) in [5, 5.41) is 21.2. The fourth-order valence-electron chi connectivity index (χ4n) is 3.91. The van der Waals surface area contributed by atoms with E-state index in [0.717, 1.165) is 35.6 Å². The van der Waals surface area contributed by atoms with Gasteiger partial charge in [0.05, 0.1) is 28.6 Å². The number of fused-ring (bicyclic) bond motifs is 1. The number of nitrogens with one attached hydrogen (secondary N) is 1. The normalized spacial score (nSPS) is 17.3. The van der Waals surface area contributed by atoms with Crippen LogP contribution in [0.2, 0.25) is 0 Å². The summed E-state index contributed by atoms with van der Waals surface area (Å²) in [7, 11) is 0. The summed E-state index contributed by atoms with van der Waals surface area (Å²) in [6.45, 7) is 1.89. The predicted octanol–water partition coefficient (Wildman–Crippen LogP) is 3.49. The number of rotatable bonds is 5. The number of aliphatic hydroxyl groups excluding tert-OH is 2. The zero-order valence-electron chi connectivity index (χ0n) is 18.1. The third kappa shape index (κ3) is 4.93. The van der Waals surface area contributed by atoms with Gasteiger partial charge in [-0.1, -0.05) is 11.3 Å². The average molecular weight is 499 g/mol. The molecule has 1 saturated heterocycles. The van der Waals surface area contributed by atoms with Crippen molar-refractivity contribution in [1.29, 1.82) is 0 Å². The molecule has 1 aromatic heterocycles. The van der Waals surface area contributed by atoms with Gasteiger partial charge in [0.1, 0.15) is 11.6 Å². The van der Waals surface area contributed by atoms with E-state index in [0.29, 0.717) is 4.70 Å². The van der Waals surface area contributed by atoms with Gasteiger partial charge in [0.2, 0.25) is 0 Å². The van der Waals surface area contributed by atoms with Crippen molar-refractivity contribution in [3.63, 3.8) is 0 Å². The second-order valence-electron chi connectivity index (χ2n) is 8.11. The Balaban J connectivity index is 1.43. The van der Waals surface area contributed by atoms with Crippen molar-refractivity contribution in [3.05, 3.63) is 53.1 Å². The Kier molecular flexibility index (Phi) is 6.91. The minimum absolute atomic E-state index is 0.0375. The fourth-order valence-corrected chi connectivity index (χ4v) is 4.78. The molecule has 0 radical (unpaired) electrons. The van der Waals surface area contributed by atoms with Crippen LogP contribution in [0, 0.1) is 23.3 Å². The number of nitrogens with zero attached hydrogens (tertiary/aromatic N) is 3. The lowest BCUT2D eigenvalue weighted by Crippen LogP contribution is -2.55. The third-order valence-electron chi connectivity index (χ3n) is 5.66. The number of urea groups is 1. The van der Waals surface area contributed by atoms with Crippen LogP contribution in [0.3, 0.4) is 0 Å². The summed E-state index contributed by atoms with van der Waals surface area (Å²) in [4.78, 5) is 20.0. The Labute approximate surface area is 196 Å². The molecule has 182 valence electrons. The summed E-state index contributed by atoms with van der Waals surface area (Å²) in [6.07, 6.45) is -1.40. The highest BCUT2D eigenvalue weighted by molar-refractivity contribution is 7.22. The van der Waals surface area contributed by atoms with Gasteiger partial charge in [0.15, 0.2) is 16.8 Å². The number of aliphatic hydroxyl groups is 2. The maximum Gasteiger partial charge on any atom is 0.324 e. The fraction of sp³-hybridized carbons (Fsp3) is 0.364. The van der Waals surface area contributed by atoms with Crippen molar-refractivity contribution >= 4 is 38.4 Å². The second-order valence-corrected chi connectivity index (χ2v) is 9.14. The lowest BCUT2D eigenvalue weighted by molar-refractivity contribution is 0.0947. The van der Waals surface area contributed by atoms with Gasteiger partial charge in [0.25, 0.3) is 0 Å². The zero-order valence-corrected chi connectivity index (χ0v) is 18.9. The van der Waals surface area contributed by atoms with Gasteiger partial charge in [-0.2, -0.15) is 0 Å². The molecule has 0 spiro atoms. The molecule has 3 aromatic rings. The SMILES string of the molecule is C[C@H]1CN(c2cc(F)c(C[C@H](O)CO)cc2F)CCN1C(=O)Nc1nc2cc(F)c(F)cc2s1. The number of hydrogen-bond donors (Lipinski definition) is 3. The highest BCUT2D eigenvalue weighted by Crippen LogP contribution is 2.29. The van der Waals surface area contributed by atoms with E-state index >= 15 is 0 Å². The molecule has 12 heteroatoms. The Morgan fingerprint density at radius 1 is 1.15 bits per heavy atom. The Bertz CT molecular complexity index is 1190. The van der Waals surface area contributed by atoms with Crippen LogP contribution in [0.25, 0.3) is 10.2 Å². The number of anilines is 2. The van der Waals surface area contributed by atoms with Crippen LogP contribution in [0.5, 0.6) is 0 Å². The van der Waals surface area contributed by atoms with E-state index in [1.165, 1.54) is 4.90 Å². The molecule has 0 saturated carbocycles. The van der Waals surface area contributed by atoms with Gasteiger partial charge in [0, 0.05) is 44.2 Å². The van der Waals surface area contributed by atoms with Crippen molar-refractivity contribution in [2.24, 2.45) is 0 Å². The number of piperazine rings is 1. The van der Waals surface area contributed by atoms with Crippen LogP contribution >= 0.6 is 11.3 Å². The van der Waals surface area contributed by atoms with Crippen LogP contribution in [-0.4, -0.2) is 64.5 Å². The monoisotopic (exact) mass is 498 g/mol. The van der Waals surface area contributed by atoms with Crippen molar-refractivity contribution in [2.45, 2.75) is 25.5 Å². The molecule has 3 N–H and O–H groups in total. The van der Waals surface area contributed by atoms with Gasteiger partial charge in [-0.05, 0) is 24.6 Å². The van der Waals surface area contributed by atoms with Crippen LogP contribution in [0.15, 0.2) is 24.3 Å². The van der Waals surface area contributed by atoms with Crippen molar-refractivity contribution in [1.82, 2.24) is 9.88 Å². The maximum absolute atomic E-state index is 14.7. The molecule has 0 bridgehead atoms. The largest absolute Gasteiger partial charge is 0.394 e. The van der Waals surface area contributed by atoms with Crippen LogP contribution in [0.1, 0.15) is 12.5 Å². The van der Waals surface area contributed by atoms with Crippen molar-refractivity contribution in [2.75, 3.05) is 36.5 Å². The highest BCUT2D eigenvalue weighted by Gasteiger charge is 2.30. The first-order valence-electron chi connectivity index (χ1n) is 10.5. The Morgan fingerprint density at radius 2 is 1.88 bits per heavy atom. The van der Waals surface area contributed by atoms with Gasteiger partial charge < -0.3 is 20.0 Å². The van der Waals surface area contributed by atoms with E-state index in [2.05, 4.69) is 10.3 Å². The van der Waals surface area contributed by atoms with E-state index in [4.69, 9.17) is 5.11 Å². The Morgan fingerprint density at radius 3 is 2.59 bits per heavy atom. The smallest absolute Gasteiger partial charge is 0.324 e. The quantitative estimate of drug-likeness (QED) is 0.469. The first kappa shape index (κ1) is 24.2. The topological polar surface area (TPSA) is 88.9 Å². The standard InChI is InChI=1S/C22H22F4N4O3S/c1-11-9-29(19-7-14(23)12(5-17(19)26)4-13(32)10-31)2-3-30(11)22(33)28-21-27-18-6-15(24)16(25)8-20(18)34-21/h5-8,11,13,31-32H,2-4,9-10H2,1H3,(H,27,28,33)/t11-,13-/m0/s1.